The van der Waals surface area contributed by atoms with Crippen LogP contribution in [-0.2, 0) is 6.54 Å². The molecule has 0 saturated carbocycles. The smallest absolute Gasteiger partial charge is 0.387 e. The first-order valence-electron chi connectivity index (χ1n) is 7.18. The zero-order valence-electron chi connectivity index (χ0n) is 13.1. The first kappa shape index (κ1) is 18.0. The van der Waals surface area contributed by atoms with E-state index in [9.17, 15) is 8.78 Å². The average Bonchev–Trinajstić information content (AvgIpc) is 2.55. The minimum absolute atomic E-state index is 0.00647. The molecule has 130 valence electrons. The third-order valence-corrected chi connectivity index (χ3v) is 3.35. The Bertz CT molecular complexity index is 689. The maximum Gasteiger partial charge on any atom is 0.387 e. The van der Waals surface area contributed by atoms with Gasteiger partial charge in [0.2, 0.25) is 0 Å². The highest BCUT2D eigenvalue weighted by Gasteiger charge is 2.16. The number of ether oxygens (including phenoxy) is 2. The lowest BCUT2D eigenvalue weighted by Crippen LogP contribution is -2.10. The van der Waals surface area contributed by atoms with Crippen molar-refractivity contribution in [1.29, 1.82) is 0 Å². The molecule has 0 spiro atoms. The van der Waals surface area contributed by atoms with Crippen molar-refractivity contribution in [2.24, 2.45) is 0 Å². The molecule has 0 aliphatic rings. The second-order valence-electron chi connectivity index (χ2n) is 4.55. The SMILES string of the molecule is CCOc1cccc(CNc2ncnc(Cl)c2NC)c1OC(F)F. The highest BCUT2D eigenvalue weighted by molar-refractivity contribution is 6.32. The average molecular weight is 359 g/mol. The van der Waals surface area contributed by atoms with Crippen LogP contribution in [0.2, 0.25) is 5.15 Å². The Balaban J connectivity index is 2.26. The molecule has 0 atom stereocenters. The number of nitrogens with zero attached hydrogens (tertiary/aromatic N) is 2. The number of hydrogen-bond donors (Lipinski definition) is 2. The topological polar surface area (TPSA) is 68.3 Å². The molecule has 0 unspecified atom stereocenters. The molecule has 24 heavy (non-hydrogen) atoms. The molecule has 0 saturated heterocycles. The van der Waals surface area contributed by atoms with Gasteiger partial charge in [0.15, 0.2) is 22.5 Å². The van der Waals surface area contributed by atoms with Crippen LogP contribution in [0.4, 0.5) is 20.3 Å². The van der Waals surface area contributed by atoms with Crippen molar-refractivity contribution in [1.82, 2.24) is 9.97 Å². The molecule has 1 aromatic carbocycles. The Morgan fingerprint density at radius 3 is 2.75 bits per heavy atom. The molecule has 0 amide bonds. The summed E-state index contributed by atoms with van der Waals surface area (Å²) in [5.41, 5.74) is 1.01. The number of benzene rings is 1. The molecule has 9 heteroatoms. The van der Waals surface area contributed by atoms with Crippen LogP contribution in [0, 0.1) is 0 Å². The van der Waals surface area contributed by atoms with E-state index in [2.05, 4.69) is 25.3 Å². The summed E-state index contributed by atoms with van der Waals surface area (Å²) in [6, 6.07) is 4.94. The summed E-state index contributed by atoms with van der Waals surface area (Å²) in [6.45, 7) is -0.668. The summed E-state index contributed by atoms with van der Waals surface area (Å²) in [5, 5.41) is 6.16. The van der Waals surface area contributed by atoms with Crippen molar-refractivity contribution in [3.8, 4) is 11.5 Å². The summed E-state index contributed by atoms with van der Waals surface area (Å²) in [7, 11) is 1.68. The molecule has 0 aliphatic carbocycles. The van der Waals surface area contributed by atoms with E-state index in [0.717, 1.165) is 0 Å². The van der Waals surface area contributed by atoms with E-state index in [-0.39, 0.29) is 23.2 Å². The predicted molar refractivity (Wildman–Crippen MR) is 88.2 cm³/mol. The first-order chi connectivity index (χ1) is 11.6. The molecule has 0 bridgehead atoms. The van der Waals surface area contributed by atoms with Crippen LogP contribution in [0.3, 0.4) is 0 Å². The summed E-state index contributed by atoms with van der Waals surface area (Å²) < 4.78 is 35.4. The highest BCUT2D eigenvalue weighted by Crippen LogP contribution is 2.34. The van der Waals surface area contributed by atoms with Gasteiger partial charge in [-0.15, -0.1) is 0 Å². The van der Waals surface area contributed by atoms with Crippen molar-refractivity contribution in [3.63, 3.8) is 0 Å². The van der Waals surface area contributed by atoms with E-state index in [4.69, 9.17) is 16.3 Å². The van der Waals surface area contributed by atoms with Gasteiger partial charge >= 0.3 is 6.61 Å². The Morgan fingerprint density at radius 2 is 2.08 bits per heavy atom. The van der Waals surface area contributed by atoms with Crippen LogP contribution < -0.4 is 20.1 Å². The fourth-order valence-corrected chi connectivity index (χ4v) is 2.32. The summed E-state index contributed by atoms with van der Waals surface area (Å²) in [4.78, 5) is 7.95. The van der Waals surface area contributed by atoms with Crippen LogP contribution in [0.1, 0.15) is 12.5 Å². The van der Waals surface area contributed by atoms with Crippen molar-refractivity contribution in [2.75, 3.05) is 24.3 Å². The van der Waals surface area contributed by atoms with E-state index in [1.807, 2.05) is 0 Å². The maximum atomic E-state index is 12.7. The van der Waals surface area contributed by atoms with E-state index >= 15 is 0 Å². The number of aromatic nitrogens is 2. The molecule has 2 aromatic rings. The zero-order valence-corrected chi connectivity index (χ0v) is 13.9. The van der Waals surface area contributed by atoms with Gasteiger partial charge in [-0.1, -0.05) is 23.7 Å². The summed E-state index contributed by atoms with van der Waals surface area (Å²) in [6.07, 6.45) is 1.30. The van der Waals surface area contributed by atoms with Gasteiger partial charge < -0.3 is 20.1 Å². The third kappa shape index (κ3) is 4.35. The van der Waals surface area contributed by atoms with Crippen molar-refractivity contribution < 1.29 is 18.3 Å². The summed E-state index contributed by atoms with van der Waals surface area (Å²) >= 11 is 5.98. The fourth-order valence-electron chi connectivity index (χ4n) is 2.09. The second-order valence-corrected chi connectivity index (χ2v) is 4.91. The van der Waals surface area contributed by atoms with Crippen LogP contribution in [-0.4, -0.2) is 30.2 Å². The molecular weight excluding hydrogens is 342 g/mol. The van der Waals surface area contributed by atoms with Gasteiger partial charge in [-0.2, -0.15) is 8.78 Å². The van der Waals surface area contributed by atoms with Gasteiger partial charge in [0.05, 0.1) is 6.61 Å². The van der Waals surface area contributed by atoms with Crippen molar-refractivity contribution in [2.45, 2.75) is 20.1 Å². The van der Waals surface area contributed by atoms with Crippen LogP contribution in [0.15, 0.2) is 24.5 Å². The lowest BCUT2D eigenvalue weighted by Gasteiger charge is -2.16. The van der Waals surface area contributed by atoms with Crippen molar-refractivity contribution in [3.05, 3.63) is 35.2 Å². The largest absolute Gasteiger partial charge is 0.490 e. The molecule has 1 heterocycles. The number of para-hydroxylation sites is 1. The first-order valence-corrected chi connectivity index (χ1v) is 7.56. The lowest BCUT2D eigenvalue weighted by molar-refractivity contribution is -0.0520. The Hall–Kier alpha value is -2.35. The molecule has 2 N–H and O–H groups in total. The summed E-state index contributed by atoms with van der Waals surface area (Å²) in [5.74, 6) is 0.696. The van der Waals surface area contributed by atoms with Crippen LogP contribution in [0.25, 0.3) is 0 Å². The minimum atomic E-state index is -2.95. The van der Waals surface area contributed by atoms with E-state index < -0.39 is 6.61 Å². The van der Waals surface area contributed by atoms with E-state index in [0.29, 0.717) is 23.7 Å². The van der Waals surface area contributed by atoms with Gasteiger partial charge in [-0.3, -0.25) is 0 Å². The Labute approximate surface area is 143 Å². The number of anilines is 2. The normalized spacial score (nSPS) is 10.6. The van der Waals surface area contributed by atoms with Gasteiger partial charge in [-0.05, 0) is 13.0 Å². The van der Waals surface area contributed by atoms with Crippen LogP contribution in [0.5, 0.6) is 11.5 Å². The molecule has 1 aromatic heterocycles. The van der Waals surface area contributed by atoms with Gasteiger partial charge in [-0.25, -0.2) is 9.97 Å². The number of halogens is 3. The minimum Gasteiger partial charge on any atom is -0.490 e. The van der Waals surface area contributed by atoms with E-state index in [1.165, 1.54) is 6.33 Å². The molecule has 6 nitrogen and oxygen atoms in total. The molecule has 0 aliphatic heterocycles. The van der Waals surface area contributed by atoms with Gasteiger partial charge in [0.25, 0.3) is 0 Å². The Morgan fingerprint density at radius 1 is 1.29 bits per heavy atom. The van der Waals surface area contributed by atoms with E-state index in [1.54, 1.807) is 32.2 Å². The standard InChI is InChI=1S/C15H17ClF2N4O2/c1-3-23-10-6-4-5-9(12(10)24-15(17)18)7-20-14-11(19-2)13(16)21-8-22-14/h4-6,8,15,19H,3,7H2,1-2H3,(H,20,21,22). The number of rotatable bonds is 8. The van der Waals surface area contributed by atoms with Gasteiger partial charge in [0.1, 0.15) is 12.0 Å². The van der Waals surface area contributed by atoms with Crippen molar-refractivity contribution >= 4 is 23.1 Å². The second kappa shape index (κ2) is 8.49. The maximum absolute atomic E-state index is 12.7. The number of nitrogens with one attached hydrogen (secondary N) is 2. The third-order valence-electron chi connectivity index (χ3n) is 3.06. The van der Waals surface area contributed by atoms with Gasteiger partial charge in [0, 0.05) is 19.2 Å². The predicted octanol–water partition coefficient (Wildman–Crippen LogP) is 3.78. The molecule has 2 rings (SSSR count). The molecule has 0 fully saturated rings. The molecule has 0 radical (unpaired) electrons. The zero-order chi connectivity index (χ0) is 17.5. The number of alkyl halides is 2. The van der Waals surface area contributed by atoms with Crippen LogP contribution >= 0.6 is 11.6 Å². The quantitative estimate of drug-likeness (QED) is 0.700. The fraction of sp³-hybridized carbons (Fsp3) is 0.333. The lowest BCUT2D eigenvalue weighted by atomic mass is 10.2. The Kier molecular flexibility index (Phi) is 6.36. The monoisotopic (exact) mass is 358 g/mol. The molecular formula is C15H17ClF2N4O2. The number of hydrogen-bond acceptors (Lipinski definition) is 6. The highest BCUT2D eigenvalue weighted by atomic mass is 35.5.